The lowest BCUT2D eigenvalue weighted by Gasteiger charge is -2.37. The number of amides is 1. The normalized spacial score (nSPS) is 20.0. The second kappa shape index (κ2) is 9.98. The van der Waals surface area contributed by atoms with E-state index >= 15 is 0 Å². The number of nitrogens with zero attached hydrogens (tertiary/aromatic N) is 1. The number of hydrogen-bond donors (Lipinski definition) is 1. The quantitative estimate of drug-likeness (QED) is 0.447. The molecule has 1 aliphatic rings. The Bertz CT molecular complexity index is 999. The predicted molar refractivity (Wildman–Crippen MR) is 142 cm³/mol. The fraction of sp³-hybridized carbons (Fsp3) is 0.607. The molecule has 1 radical (unpaired) electrons. The number of ether oxygens (including phenoxy) is 1. The number of aromatic nitrogens is 1. The number of nitrogens with two attached hydrogens (primary N) is 1. The maximum absolute atomic E-state index is 12.2. The minimum Gasteiger partial charge on any atom is -0.474 e. The fourth-order valence-electron chi connectivity index (χ4n) is 4.34. The van der Waals surface area contributed by atoms with Crippen molar-refractivity contribution in [1.82, 2.24) is 4.98 Å². The molecule has 1 saturated carbocycles. The van der Waals surface area contributed by atoms with Gasteiger partial charge in [-0.1, -0.05) is 47.6 Å². The summed E-state index contributed by atoms with van der Waals surface area (Å²) in [6.07, 6.45) is 4.78. The largest absolute Gasteiger partial charge is 0.474 e. The van der Waals surface area contributed by atoms with Gasteiger partial charge in [0.05, 0.1) is 12.1 Å². The molecule has 1 amide bonds. The summed E-state index contributed by atoms with van der Waals surface area (Å²) in [7, 11) is -2.00. The molecule has 0 atom stereocenters. The molecule has 1 aliphatic carbocycles. The van der Waals surface area contributed by atoms with E-state index < -0.39 is 14.2 Å². The Balaban J connectivity index is 1.70. The number of pyridine rings is 1. The van der Waals surface area contributed by atoms with Gasteiger partial charge in [0.2, 0.25) is 11.8 Å². The van der Waals surface area contributed by atoms with Crippen molar-refractivity contribution in [3.05, 3.63) is 41.8 Å². The molecule has 6 heteroatoms. The van der Waals surface area contributed by atoms with Gasteiger partial charge in [0.1, 0.15) is 12.0 Å². The molecule has 3 rings (SSSR count). The van der Waals surface area contributed by atoms with Crippen molar-refractivity contribution in [1.29, 1.82) is 0 Å². The number of primary amides is 1. The van der Waals surface area contributed by atoms with E-state index in [9.17, 15) is 4.79 Å². The number of fused-ring (bicyclic) bond motifs is 1. The standard InChI is InChI=1S/C28H43N2O3Si/c1-27(2,3)21-11-13-22(14-12-21)33-25-16-10-20-17-19(9-15-24(20)30-25)23(26(29)31)18-32-34(7,8)28(4,5)6/h9-10,15-17,21-22H,11-14,18H2,1-8H3,(H2,29,31). The summed E-state index contributed by atoms with van der Waals surface area (Å²) in [6, 6.07) is 9.75. The van der Waals surface area contributed by atoms with Crippen LogP contribution in [0.5, 0.6) is 5.88 Å². The highest BCUT2D eigenvalue weighted by atomic mass is 28.4. The van der Waals surface area contributed by atoms with E-state index in [0.29, 0.717) is 17.2 Å². The predicted octanol–water partition coefficient (Wildman–Crippen LogP) is 6.65. The minimum absolute atomic E-state index is 0.0610. The topological polar surface area (TPSA) is 74.4 Å². The molecule has 2 aromatic rings. The first-order chi connectivity index (χ1) is 15.7. The van der Waals surface area contributed by atoms with Crippen LogP contribution >= 0.6 is 0 Å². The van der Waals surface area contributed by atoms with Crippen molar-refractivity contribution in [3.63, 3.8) is 0 Å². The van der Waals surface area contributed by atoms with Crippen LogP contribution in [0.1, 0.15) is 72.8 Å². The highest BCUT2D eigenvalue weighted by Crippen LogP contribution is 2.39. The summed E-state index contributed by atoms with van der Waals surface area (Å²) >= 11 is 0. The lowest BCUT2D eigenvalue weighted by Crippen LogP contribution is -2.43. The molecule has 0 aliphatic heterocycles. The van der Waals surface area contributed by atoms with Gasteiger partial charge in [0, 0.05) is 11.5 Å². The van der Waals surface area contributed by atoms with E-state index in [1.54, 1.807) is 0 Å². The molecule has 0 bridgehead atoms. The van der Waals surface area contributed by atoms with E-state index in [2.05, 4.69) is 54.6 Å². The Morgan fingerprint density at radius 2 is 1.68 bits per heavy atom. The second-order valence-corrected chi connectivity index (χ2v) is 17.2. The lowest BCUT2D eigenvalue weighted by molar-refractivity contribution is -0.116. The minimum atomic E-state index is -2.00. The van der Waals surface area contributed by atoms with Crippen LogP contribution in [-0.4, -0.2) is 31.9 Å². The molecule has 5 nitrogen and oxygen atoms in total. The summed E-state index contributed by atoms with van der Waals surface area (Å²) in [5, 5.41) is 1.01. The van der Waals surface area contributed by atoms with Crippen LogP contribution in [-0.2, 0) is 9.22 Å². The molecule has 1 fully saturated rings. The Labute approximate surface area is 206 Å². The van der Waals surface area contributed by atoms with Crippen LogP contribution in [0.2, 0.25) is 18.1 Å². The molecular weight excluding hydrogens is 440 g/mol. The van der Waals surface area contributed by atoms with Crippen LogP contribution in [0.25, 0.3) is 10.9 Å². The average Bonchev–Trinajstić information content (AvgIpc) is 2.72. The summed E-state index contributed by atoms with van der Waals surface area (Å²) in [4.78, 5) is 17.0. The SMILES string of the molecule is CC(C)(C)C1CCC(Oc2ccc3cc([C](CO[Si](C)(C)C(C)(C)C)C(N)=O)ccc3n2)CC1. The van der Waals surface area contributed by atoms with Crippen LogP contribution < -0.4 is 10.5 Å². The summed E-state index contributed by atoms with van der Waals surface area (Å²) in [5.74, 6) is 1.48. The van der Waals surface area contributed by atoms with Crippen molar-refractivity contribution in [2.45, 2.75) is 91.5 Å². The Morgan fingerprint density at radius 3 is 2.24 bits per heavy atom. The molecular formula is C28H43N2O3Si. The number of carbonyl (C=O) groups excluding carboxylic acids is 1. The molecule has 1 heterocycles. The van der Waals surface area contributed by atoms with Crippen molar-refractivity contribution in [3.8, 4) is 5.88 Å². The van der Waals surface area contributed by atoms with Crippen LogP contribution in [0.15, 0.2) is 30.3 Å². The van der Waals surface area contributed by atoms with Gasteiger partial charge in [0.25, 0.3) is 0 Å². The molecule has 0 spiro atoms. The zero-order chi connectivity index (χ0) is 25.3. The lowest BCUT2D eigenvalue weighted by atomic mass is 9.72. The zero-order valence-corrected chi connectivity index (χ0v) is 23.3. The molecule has 0 unspecified atom stereocenters. The number of carbonyl (C=O) groups is 1. The molecule has 0 saturated heterocycles. The Kier molecular flexibility index (Phi) is 7.83. The zero-order valence-electron chi connectivity index (χ0n) is 22.3. The fourth-order valence-corrected chi connectivity index (χ4v) is 5.28. The van der Waals surface area contributed by atoms with Gasteiger partial charge in [0.15, 0.2) is 8.32 Å². The number of rotatable bonds is 7. The molecule has 1 aromatic carbocycles. The van der Waals surface area contributed by atoms with Crippen LogP contribution in [0.3, 0.4) is 0 Å². The molecule has 34 heavy (non-hydrogen) atoms. The monoisotopic (exact) mass is 483 g/mol. The van der Waals surface area contributed by atoms with E-state index in [0.717, 1.165) is 35.2 Å². The molecule has 2 N–H and O–H groups in total. The Hall–Kier alpha value is -1.92. The summed E-state index contributed by atoms with van der Waals surface area (Å²) in [5.41, 5.74) is 7.73. The second-order valence-electron chi connectivity index (χ2n) is 12.4. The van der Waals surface area contributed by atoms with Crippen molar-refractivity contribution < 1.29 is 14.0 Å². The summed E-state index contributed by atoms with van der Waals surface area (Å²) in [6.45, 7) is 18.1. The first-order valence-electron chi connectivity index (χ1n) is 12.5. The first kappa shape index (κ1) is 26.7. The third-order valence-electron chi connectivity index (χ3n) is 7.88. The van der Waals surface area contributed by atoms with Crippen molar-refractivity contribution in [2.75, 3.05) is 6.61 Å². The number of hydrogen-bond acceptors (Lipinski definition) is 4. The number of benzene rings is 1. The van der Waals surface area contributed by atoms with E-state index in [4.69, 9.17) is 19.9 Å². The first-order valence-corrected chi connectivity index (χ1v) is 15.5. The van der Waals surface area contributed by atoms with E-state index in [-0.39, 0.29) is 17.7 Å². The van der Waals surface area contributed by atoms with Gasteiger partial charge in [-0.05, 0) is 78.9 Å². The summed E-state index contributed by atoms with van der Waals surface area (Å²) < 4.78 is 12.5. The van der Waals surface area contributed by atoms with Gasteiger partial charge in [-0.15, -0.1) is 0 Å². The third kappa shape index (κ3) is 6.39. The van der Waals surface area contributed by atoms with Gasteiger partial charge in [-0.3, -0.25) is 4.79 Å². The van der Waals surface area contributed by atoms with E-state index in [1.807, 2.05) is 30.3 Å². The molecule has 1 aromatic heterocycles. The van der Waals surface area contributed by atoms with Crippen molar-refractivity contribution in [2.24, 2.45) is 17.1 Å². The Morgan fingerprint density at radius 1 is 1.03 bits per heavy atom. The highest BCUT2D eigenvalue weighted by molar-refractivity contribution is 6.74. The maximum atomic E-state index is 12.2. The van der Waals surface area contributed by atoms with Gasteiger partial charge in [-0.2, -0.15) is 0 Å². The smallest absolute Gasteiger partial charge is 0.231 e. The van der Waals surface area contributed by atoms with Gasteiger partial charge < -0.3 is 14.9 Å². The third-order valence-corrected chi connectivity index (χ3v) is 12.4. The van der Waals surface area contributed by atoms with Crippen LogP contribution in [0.4, 0.5) is 0 Å². The maximum Gasteiger partial charge on any atom is 0.231 e. The highest BCUT2D eigenvalue weighted by Gasteiger charge is 2.38. The van der Waals surface area contributed by atoms with Crippen LogP contribution in [0, 0.1) is 17.3 Å². The molecule has 187 valence electrons. The average molecular weight is 484 g/mol. The van der Waals surface area contributed by atoms with E-state index in [1.165, 1.54) is 12.8 Å². The van der Waals surface area contributed by atoms with Gasteiger partial charge in [-0.25, -0.2) is 4.98 Å². The van der Waals surface area contributed by atoms with Gasteiger partial charge >= 0.3 is 0 Å². The van der Waals surface area contributed by atoms with Crippen molar-refractivity contribution >= 4 is 25.1 Å².